The highest BCUT2D eigenvalue weighted by Crippen LogP contribution is 2.36. The maximum absolute atomic E-state index is 4.63. The Morgan fingerprint density at radius 1 is 1.17 bits per heavy atom. The maximum atomic E-state index is 4.63. The first kappa shape index (κ1) is 14.6. The second kappa shape index (κ2) is 6.23. The zero-order valence-electron chi connectivity index (χ0n) is 13.4. The van der Waals surface area contributed by atoms with Gasteiger partial charge in [-0.3, -0.25) is 4.98 Å². The van der Waals surface area contributed by atoms with Crippen LogP contribution < -0.4 is 10.2 Å². The molecule has 1 aliphatic rings. The van der Waals surface area contributed by atoms with Crippen LogP contribution in [-0.4, -0.2) is 26.2 Å². The lowest BCUT2D eigenvalue weighted by Gasteiger charge is -2.22. The first-order chi connectivity index (χ1) is 11.8. The van der Waals surface area contributed by atoms with Gasteiger partial charge in [0.05, 0.1) is 18.4 Å². The molecule has 1 unspecified atom stereocenters. The van der Waals surface area contributed by atoms with Crippen molar-refractivity contribution < 1.29 is 0 Å². The lowest BCUT2D eigenvalue weighted by molar-refractivity contribution is 0.729. The number of nitrogens with zero attached hydrogens (tertiary/aromatic N) is 5. The third kappa shape index (κ3) is 2.78. The average molecular weight is 318 g/mol. The van der Waals surface area contributed by atoms with Gasteiger partial charge in [0.15, 0.2) is 5.82 Å². The molecule has 1 atom stereocenters. The van der Waals surface area contributed by atoms with Crippen molar-refractivity contribution in [3.05, 3.63) is 66.1 Å². The molecule has 1 aromatic carbocycles. The summed E-state index contributed by atoms with van der Waals surface area (Å²) in [5.41, 5.74) is 3.44. The molecule has 3 heterocycles. The molecule has 0 spiro atoms. The highest BCUT2D eigenvalue weighted by atomic mass is 15.4. The summed E-state index contributed by atoms with van der Waals surface area (Å²) in [6.45, 7) is 2.78. The molecule has 0 amide bonds. The summed E-state index contributed by atoms with van der Waals surface area (Å²) in [6, 6.07) is 14.5. The Morgan fingerprint density at radius 3 is 2.92 bits per heavy atom. The zero-order valence-corrected chi connectivity index (χ0v) is 13.4. The first-order valence-electron chi connectivity index (χ1n) is 8.02. The quantitative estimate of drug-likeness (QED) is 0.798. The number of hydrogen-bond acceptors (Lipinski definition) is 6. The number of hydrogen-bond donors (Lipinski definition) is 1. The molecule has 0 saturated heterocycles. The number of nitrogens with one attached hydrogen (secondary N) is 1. The highest BCUT2D eigenvalue weighted by Gasteiger charge is 2.29. The Labute approximate surface area is 140 Å². The average Bonchev–Trinajstić information content (AvgIpc) is 2.97. The summed E-state index contributed by atoms with van der Waals surface area (Å²) in [5.74, 6) is 1.32. The van der Waals surface area contributed by atoms with Gasteiger partial charge in [-0.05, 0) is 37.1 Å². The highest BCUT2D eigenvalue weighted by molar-refractivity contribution is 5.67. The number of fused-ring (bicyclic) bond motifs is 1. The van der Waals surface area contributed by atoms with E-state index in [1.165, 1.54) is 5.56 Å². The SMILES string of the molecule is CC1Cc2ccccc2N1c1nncc(NCc2ccccn2)n1. The van der Waals surface area contributed by atoms with Gasteiger partial charge in [0.1, 0.15) is 0 Å². The van der Waals surface area contributed by atoms with E-state index in [-0.39, 0.29) is 0 Å². The second-order valence-electron chi connectivity index (χ2n) is 5.87. The van der Waals surface area contributed by atoms with Crippen LogP contribution in [0.25, 0.3) is 0 Å². The van der Waals surface area contributed by atoms with Crippen molar-refractivity contribution in [2.75, 3.05) is 10.2 Å². The van der Waals surface area contributed by atoms with Gasteiger partial charge in [-0.2, -0.15) is 10.1 Å². The molecule has 6 heteroatoms. The molecule has 6 nitrogen and oxygen atoms in total. The molecular formula is C18H18N6. The van der Waals surface area contributed by atoms with Gasteiger partial charge in [-0.1, -0.05) is 24.3 Å². The summed E-state index contributed by atoms with van der Waals surface area (Å²) >= 11 is 0. The second-order valence-corrected chi connectivity index (χ2v) is 5.87. The van der Waals surface area contributed by atoms with Gasteiger partial charge in [0.25, 0.3) is 5.95 Å². The minimum Gasteiger partial charge on any atom is -0.363 e. The summed E-state index contributed by atoms with van der Waals surface area (Å²) in [6.07, 6.45) is 4.41. The van der Waals surface area contributed by atoms with E-state index < -0.39 is 0 Å². The van der Waals surface area contributed by atoms with Crippen LogP contribution >= 0.6 is 0 Å². The van der Waals surface area contributed by atoms with Gasteiger partial charge < -0.3 is 10.2 Å². The third-order valence-corrected chi connectivity index (χ3v) is 4.15. The van der Waals surface area contributed by atoms with Crippen LogP contribution in [0.1, 0.15) is 18.2 Å². The van der Waals surface area contributed by atoms with Crippen LogP contribution in [0.15, 0.2) is 54.9 Å². The predicted molar refractivity (Wildman–Crippen MR) is 93.1 cm³/mol. The molecule has 0 fully saturated rings. The zero-order chi connectivity index (χ0) is 16.4. The smallest absolute Gasteiger partial charge is 0.252 e. The van der Waals surface area contributed by atoms with E-state index in [0.29, 0.717) is 24.4 Å². The minimum atomic E-state index is 0.315. The van der Waals surface area contributed by atoms with Crippen molar-refractivity contribution in [3.63, 3.8) is 0 Å². The Hall–Kier alpha value is -3.02. The molecule has 0 aliphatic carbocycles. The van der Waals surface area contributed by atoms with E-state index in [9.17, 15) is 0 Å². The van der Waals surface area contributed by atoms with E-state index >= 15 is 0 Å². The van der Waals surface area contributed by atoms with Crippen LogP contribution in [0.4, 0.5) is 17.5 Å². The van der Waals surface area contributed by atoms with E-state index in [0.717, 1.165) is 17.8 Å². The summed E-state index contributed by atoms with van der Waals surface area (Å²) in [4.78, 5) is 11.1. The van der Waals surface area contributed by atoms with Crippen molar-refractivity contribution in [3.8, 4) is 0 Å². The number of rotatable bonds is 4. The molecule has 0 saturated carbocycles. The van der Waals surface area contributed by atoms with Gasteiger partial charge in [0, 0.05) is 17.9 Å². The number of benzene rings is 1. The Balaban J connectivity index is 1.57. The van der Waals surface area contributed by atoms with E-state index in [1.807, 2.05) is 24.3 Å². The molecule has 1 aliphatic heterocycles. The molecule has 2 aromatic heterocycles. The van der Waals surface area contributed by atoms with E-state index in [1.54, 1.807) is 12.4 Å². The molecule has 4 rings (SSSR count). The molecule has 120 valence electrons. The number of anilines is 3. The minimum absolute atomic E-state index is 0.315. The molecule has 1 N–H and O–H groups in total. The van der Waals surface area contributed by atoms with Crippen molar-refractivity contribution in [2.24, 2.45) is 0 Å². The lowest BCUT2D eigenvalue weighted by Crippen LogP contribution is -2.26. The Bertz CT molecular complexity index is 836. The predicted octanol–water partition coefficient (Wildman–Crippen LogP) is 2.96. The van der Waals surface area contributed by atoms with Crippen LogP contribution in [0, 0.1) is 0 Å². The number of para-hydroxylation sites is 1. The Morgan fingerprint density at radius 2 is 2.04 bits per heavy atom. The van der Waals surface area contributed by atoms with E-state index in [4.69, 9.17) is 0 Å². The Kier molecular flexibility index (Phi) is 3.78. The van der Waals surface area contributed by atoms with Gasteiger partial charge in [-0.15, -0.1) is 5.10 Å². The van der Waals surface area contributed by atoms with Crippen LogP contribution in [0.2, 0.25) is 0 Å². The fourth-order valence-electron chi connectivity index (χ4n) is 3.04. The monoisotopic (exact) mass is 318 g/mol. The third-order valence-electron chi connectivity index (χ3n) is 4.15. The van der Waals surface area contributed by atoms with Crippen LogP contribution in [0.3, 0.4) is 0 Å². The maximum Gasteiger partial charge on any atom is 0.252 e. The summed E-state index contributed by atoms with van der Waals surface area (Å²) < 4.78 is 0. The number of aromatic nitrogens is 4. The molecular weight excluding hydrogens is 300 g/mol. The first-order valence-corrected chi connectivity index (χ1v) is 8.02. The van der Waals surface area contributed by atoms with Gasteiger partial charge >= 0.3 is 0 Å². The number of pyridine rings is 1. The lowest BCUT2D eigenvalue weighted by atomic mass is 10.1. The molecule has 3 aromatic rings. The van der Waals surface area contributed by atoms with Crippen LogP contribution in [-0.2, 0) is 13.0 Å². The summed E-state index contributed by atoms with van der Waals surface area (Å²) in [5, 5.41) is 11.6. The topological polar surface area (TPSA) is 66.8 Å². The van der Waals surface area contributed by atoms with Crippen LogP contribution in [0.5, 0.6) is 0 Å². The summed E-state index contributed by atoms with van der Waals surface area (Å²) in [7, 11) is 0. The van der Waals surface area contributed by atoms with Crippen molar-refractivity contribution in [1.29, 1.82) is 0 Å². The normalized spacial score (nSPS) is 16.0. The molecule has 0 radical (unpaired) electrons. The fourth-order valence-corrected chi connectivity index (χ4v) is 3.04. The van der Waals surface area contributed by atoms with Crippen molar-refractivity contribution >= 4 is 17.5 Å². The molecule has 0 bridgehead atoms. The largest absolute Gasteiger partial charge is 0.363 e. The van der Waals surface area contributed by atoms with E-state index in [2.05, 4.69) is 55.5 Å². The van der Waals surface area contributed by atoms with Gasteiger partial charge in [-0.25, -0.2) is 0 Å². The van der Waals surface area contributed by atoms with Gasteiger partial charge in [0.2, 0.25) is 0 Å². The standard InChI is InChI=1S/C18H18N6/c1-13-10-14-6-2-3-8-16(14)24(13)18-22-17(12-21-23-18)20-11-15-7-4-5-9-19-15/h2-9,12-13H,10-11H2,1H3,(H,20,22,23). The van der Waals surface area contributed by atoms with Crippen molar-refractivity contribution in [2.45, 2.75) is 25.9 Å². The fraction of sp³-hybridized carbons (Fsp3) is 0.222. The molecule has 24 heavy (non-hydrogen) atoms. The van der Waals surface area contributed by atoms with Crippen molar-refractivity contribution in [1.82, 2.24) is 20.2 Å².